The Morgan fingerprint density at radius 3 is 0.677 bits per heavy atom. The first-order valence-electron chi connectivity index (χ1n) is 40.9. The zero-order valence-electron chi connectivity index (χ0n) is 66.9. The molecule has 0 aromatic heterocycles. The zero-order chi connectivity index (χ0) is 84.6. The van der Waals surface area contributed by atoms with E-state index in [2.05, 4.69) is 266 Å². The van der Waals surface area contributed by atoms with Gasteiger partial charge >= 0.3 is 28.8 Å². The van der Waals surface area contributed by atoms with Crippen LogP contribution in [0.3, 0.4) is 0 Å². The van der Waals surface area contributed by atoms with E-state index >= 15 is 0 Å². The van der Waals surface area contributed by atoms with Crippen molar-refractivity contribution in [1.82, 2.24) is 0 Å². The number of benzene rings is 16. The molecule has 4 aliphatic carbocycles. The van der Waals surface area contributed by atoms with Gasteiger partial charge in [-0.25, -0.2) is 0 Å². The second kappa shape index (κ2) is 31.7. The molecule has 0 bridgehead atoms. The first-order chi connectivity index (χ1) is 60.6. The van der Waals surface area contributed by atoms with Gasteiger partial charge in [0.15, 0.2) is 0 Å². The van der Waals surface area contributed by atoms with Crippen molar-refractivity contribution in [2.24, 2.45) is 0 Å². The summed E-state index contributed by atoms with van der Waals surface area (Å²) < 4.78 is 0. The third kappa shape index (κ3) is 13.7. The van der Waals surface area contributed by atoms with E-state index in [1.54, 1.807) is 36.4 Å². The second-order valence-electron chi connectivity index (χ2n) is 31.9. The molecule has 0 aliphatic heterocycles. The molecule has 0 amide bonds. The van der Waals surface area contributed by atoms with E-state index in [0.29, 0.717) is 21.9 Å². The normalized spacial score (nSPS) is 13.5. The van der Waals surface area contributed by atoms with E-state index in [1.807, 2.05) is 84.9 Å². The van der Waals surface area contributed by atoms with Crippen molar-refractivity contribution in [3.05, 3.63) is 451 Å². The maximum atomic E-state index is 10.3. The lowest BCUT2D eigenvalue weighted by Gasteiger charge is -2.37. The van der Waals surface area contributed by atoms with Crippen LogP contribution in [0.4, 0.5) is 0 Å². The molecule has 577 valence electrons. The molecule has 11 heteroatoms. The molecule has 7 N–H and O–H groups in total. The Morgan fingerprint density at radius 1 is 0.226 bits per heavy atom. The summed E-state index contributed by atoms with van der Waals surface area (Å²) in [7, 11) is -3.80. The van der Waals surface area contributed by atoms with Gasteiger partial charge in [-0.15, -0.1) is 25.7 Å². The fourth-order valence-corrected chi connectivity index (χ4v) is 18.8. The fraction of sp³-hybridized carbons (Fsp3) is 0.00885. The summed E-state index contributed by atoms with van der Waals surface area (Å²) in [6.45, 7) is 0. The molecule has 1 radical (unpaired) electrons. The highest BCUT2D eigenvalue weighted by atomic mass is 16.4. The molecule has 0 saturated carbocycles. The van der Waals surface area contributed by atoms with Gasteiger partial charge in [-0.1, -0.05) is 296 Å². The Balaban J connectivity index is 0.766. The predicted molar refractivity (Wildman–Crippen MR) is 511 cm³/mol. The quantitative estimate of drug-likeness (QED) is 0.0290. The zero-order valence-corrected chi connectivity index (χ0v) is 66.9. The molecule has 0 atom stereocenters. The van der Waals surface area contributed by atoms with Crippen molar-refractivity contribution in [3.63, 3.8) is 0 Å². The van der Waals surface area contributed by atoms with E-state index in [1.165, 1.54) is 0 Å². The molecule has 16 aromatic carbocycles. The molecule has 124 heavy (non-hydrogen) atoms. The fourth-order valence-electron chi connectivity index (χ4n) is 18.8. The van der Waals surface area contributed by atoms with Crippen molar-refractivity contribution in [3.8, 4) is 138 Å². The standard InChI is InChI=1S/C113H71B4O7/c1-5-69-21-45-93-97-49-33-81(65-109(97)105(101(93)57-69)61-73-13-9-17-89(53-73)114-118)77-25-37-85(38-26-77)113(86-39-27-78(28-40-86)82-34-50-98-94-46-22-70(6-2)58-102(94)106(110(98)66-82)62-74-14-10-18-90(54-74)115(119)120,87-41-29-79(30-42-87)83-35-51-99-95-47-23-71(7-3)59-103(95)107(111(99)67-83)63-75-15-11-19-91(55-75)116(121)122)88-43-31-80(32-44-88)84-36-52-100-96-48-24-72(8-4)60-104(96)108(112(100)68-84)64-76-16-12-20-92(56-76)117(123)124/h1-4,9-68,118-124H/b105-61+,106-62+,107-63+,108-64+. The lowest BCUT2D eigenvalue weighted by atomic mass is 9.64. The molecule has 4 aliphatic rings. The highest BCUT2D eigenvalue weighted by Crippen LogP contribution is 2.54. The number of rotatable bonds is 16. The highest BCUT2D eigenvalue weighted by molar-refractivity contribution is 6.59. The van der Waals surface area contributed by atoms with Gasteiger partial charge in [0.05, 0.1) is 5.41 Å². The van der Waals surface area contributed by atoms with Crippen LogP contribution in [-0.2, 0) is 5.41 Å². The molecule has 0 saturated heterocycles. The van der Waals surface area contributed by atoms with Crippen LogP contribution in [-0.4, -0.2) is 64.0 Å². The maximum absolute atomic E-state index is 10.3. The van der Waals surface area contributed by atoms with Crippen molar-refractivity contribution in [2.45, 2.75) is 5.41 Å². The van der Waals surface area contributed by atoms with Crippen molar-refractivity contribution < 1.29 is 35.2 Å². The van der Waals surface area contributed by atoms with Crippen LogP contribution in [0.1, 0.15) is 111 Å². The summed E-state index contributed by atoms with van der Waals surface area (Å²) in [5.41, 5.74) is 39.6. The van der Waals surface area contributed by atoms with Crippen molar-refractivity contribution >= 4 is 97.3 Å². The summed E-state index contributed by atoms with van der Waals surface area (Å²) in [6.07, 6.45) is 32.8. The van der Waals surface area contributed by atoms with E-state index in [0.717, 1.165) is 230 Å². The number of hydrogen-bond donors (Lipinski definition) is 7. The van der Waals surface area contributed by atoms with Crippen LogP contribution < -0.4 is 21.9 Å². The first-order valence-corrected chi connectivity index (χ1v) is 40.9. The Labute approximate surface area is 722 Å². The molecule has 0 spiro atoms. The van der Waals surface area contributed by atoms with Crippen LogP contribution in [0.15, 0.2) is 340 Å². The van der Waals surface area contributed by atoms with Crippen molar-refractivity contribution in [1.29, 1.82) is 0 Å². The van der Waals surface area contributed by atoms with Gasteiger partial charge in [-0.2, -0.15) is 0 Å². The topological polar surface area (TPSA) is 142 Å². The molecule has 0 unspecified atom stereocenters. The van der Waals surface area contributed by atoms with Gasteiger partial charge in [0.2, 0.25) is 0 Å². The minimum Gasteiger partial charge on any atom is -0.450 e. The van der Waals surface area contributed by atoms with Gasteiger partial charge in [0, 0.05) is 22.3 Å². The monoisotopic (exact) mass is 1580 g/mol. The maximum Gasteiger partial charge on any atom is 0.488 e. The molecule has 0 fully saturated rings. The Morgan fingerprint density at radius 2 is 0.444 bits per heavy atom. The molecular formula is C113H71B4O7. The lowest BCUT2D eigenvalue weighted by Crippen LogP contribution is -2.31. The molecule has 16 aromatic rings. The number of hydrogen-bond acceptors (Lipinski definition) is 7. The summed E-state index contributed by atoms with van der Waals surface area (Å²) in [4.78, 5) is 0. The first kappa shape index (κ1) is 77.3. The van der Waals surface area contributed by atoms with Gasteiger partial charge in [0.1, 0.15) is 0 Å². The van der Waals surface area contributed by atoms with E-state index < -0.39 is 26.8 Å². The van der Waals surface area contributed by atoms with Gasteiger partial charge in [-0.05, 0) is 314 Å². The van der Waals surface area contributed by atoms with Gasteiger partial charge in [-0.3, -0.25) is 0 Å². The van der Waals surface area contributed by atoms with Crippen LogP contribution in [0, 0.1) is 49.4 Å². The van der Waals surface area contributed by atoms with Crippen LogP contribution in [0.2, 0.25) is 0 Å². The summed E-state index contributed by atoms with van der Waals surface area (Å²) >= 11 is 0. The second-order valence-corrected chi connectivity index (χ2v) is 31.9. The minimum absolute atomic E-state index is 0.384. The number of fused-ring (bicyclic) bond motifs is 12. The smallest absolute Gasteiger partial charge is 0.450 e. The van der Waals surface area contributed by atoms with E-state index in [9.17, 15) is 35.2 Å². The SMILES string of the molecule is C#Cc1ccc2c(c1)/C(=C\c1cccc([B]O)c1)c1cc(-c3ccc(C(c4ccc(-c5ccc6c(c5)/C(=C/c5cccc(B(O)O)c5)c5cc(C#C)ccc5-6)cc4)(c4ccc(-c5ccc6c(c5)/C(=C/c5cccc(B(O)O)c5)c5cc(C#C)ccc5-6)cc4)c4ccc(-c5ccc6c(c5)/C(=C/c5cccc(B(O)O)c5)c5cc(C#C)ccc5-6)cc4)cc3)ccc1-2. The Hall–Kier alpha value is -15.3. The Kier molecular flexibility index (Phi) is 19.8. The van der Waals surface area contributed by atoms with E-state index in [-0.39, 0.29) is 0 Å². The third-order valence-corrected chi connectivity index (χ3v) is 24.8. The Bertz CT molecular complexity index is 6930. The van der Waals surface area contributed by atoms with Crippen molar-refractivity contribution in [2.75, 3.05) is 0 Å². The minimum atomic E-state index is -1.64. The molecule has 20 rings (SSSR count). The highest BCUT2D eigenvalue weighted by Gasteiger charge is 2.40. The largest absolute Gasteiger partial charge is 0.488 e. The summed E-state index contributed by atoms with van der Waals surface area (Å²) in [5.74, 6) is 11.4. The summed E-state index contributed by atoms with van der Waals surface area (Å²) in [5, 5.41) is 72.0. The van der Waals surface area contributed by atoms with Gasteiger partial charge in [0.25, 0.3) is 0 Å². The molecular weight excluding hydrogens is 1510 g/mol. The third-order valence-electron chi connectivity index (χ3n) is 24.8. The van der Waals surface area contributed by atoms with Gasteiger partial charge < -0.3 is 35.2 Å². The lowest BCUT2D eigenvalue weighted by molar-refractivity contribution is 0.424. The average Bonchev–Trinajstić information content (AvgIpc) is 1.15. The predicted octanol–water partition coefficient (Wildman–Crippen LogP) is 18.2. The molecule has 7 nitrogen and oxygen atoms in total. The average molecular weight is 1580 g/mol. The summed E-state index contributed by atoms with van der Waals surface area (Å²) in [6, 6.07) is 117. The molecule has 0 heterocycles. The van der Waals surface area contributed by atoms with E-state index in [4.69, 9.17) is 25.7 Å². The number of terminal acetylenes is 4. The van der Waals surface area contributed by atoms with Crippen LogP contribution in [0.5, 0.6) is 0 Å². The van der Waals surface area contributed by atoms with Crippen LogP contribution >= 0.6 is 0 Å². The van der Waals surface area contributed by atoms with Crippen LogP contribution in [0.25, 0.3) is 136 Å².